The van der Waals surface area contributed by atoms with Crippen LogP contribution in [0.3, 0.4) is 0 Å². The van der Waals surface area contributed by atoms with Gasteiger partial charge in [-0.1, -0.05) is 19.8 Å². The van der Waals surface area contributed by atoms with Gasteiger partial charge in [-0.3, -0.25) is 4.90 Å². The summed E-state index contributed by atoms with van der Waals surface area (Å²) in [5.41, 5.74) is 7.29. The zero-order valence-corrected chi connectivity index (χ0v) is 13.0. The van der Waals surface area contributed by atoms with Gasteiger partial charge in [0.2, 0.25) is 0 Å². The normalized spacial score (nSPS) is 13.4. The molecule has 110 valence electrons. The first kappa shape index (κ1) is 16.2. The number of nitrogens with zero attached hydrogens (tertiary/aromatic N) is 3. The van der Waals surface area contributed by atoms with Crippen LogP contribution in [0.1, 0.15) is 58.7 Å². The summed E-state index contributed by atoms with van der Waals surface area (Å²) in [5.74, 6) is 0. The molecule has 0 saturated carbocycles. The number of rotatable bonds is 9. The van der Waals surface area contributed by atoms with Crippen molar-refractivity contribution in [2.45, 2.75) is 65.6 Å². The fourth-order valence-electron chi connectivity index (χ4n) is 2.62. The van der Waals surface area contributed by atoms with E-state index in [-0.39, 0.29) is 6.04 Å². The van der Waals surface area contributed by atoms with Crippen LogP contribution in [0.5, 0.6) is 0 Å². The van der Waals surface area contributed by atoms with Crippen LogP contribution >= 0.6 is 0 Å². The van der Waals surface area contributed by atoms with E-state index in [4.69, 9.17) is 5.73 Å². The second-order valence-electron chi connectivity index (χ2n) is 5.39. The lowest BCUT2D eigenvalue weighted by molar-refractivity contribution is 0.148. The van der Waals surface area contributed by atoms with Crippen LogP contribution in [-0.2, 0) is 6.54 Å². The molecule has 0 aliphatic carbocycles. The predicted octanol–water partition coefficient (Wildman–Crippen LogP) is 2.80. The van der Waals surface area contributed by atoms with Crippen LogP contribution < -0.4 is 5.73 Å². The highest BCUT2D eigenvalue weighted by Crippen LogP contribution is 2.22. The molecule has 1 atom stereocenters. The van der Waals surface area contributed by atoms with E-state index < -0.39 is 0 Å². The highest BCUT2D eigenvalue weighted by atomic mass is 15.2. The van der Waals surface area contributed by atoms with Crippen molar-refractivity contribution in [1.29, 1.82) is 0 Å². The van der Waals surface area contributed by atoms with Gasteiger partial charge in [-0.25, -0.2) is 4.98 Å². The number of unbranched alkanes of at least 4 members (excludes halogenated alkanes) is 2. The molecular weight excluding hydrogens is 236 g/mol. The van der Waals surface area contributed by atoms with Gasteiger partial charge in [0.1, 0.15) is 0 Å². The third-order valence-corrected chi connectivity index (χ3v) is 3.73. The topological polar surface area (TPSA) is 47.1 Å². The lowest BCUT2D eigenvalue weighted by Crippen LogP contribution is -2.40. The third-order valence-electron chi connectivity index (χ3n) is 3.73. The molecule has 1 aromatic heterocycles. The average molecular weight is 266 g/mol. The number of aryl methyl sites for hydroxylation is 1. The fraction of sp³-hybridized carbons (Fsp3) is 0.800. The second kappa shape index (κ2) is 8.33. The van der Waals surface area contributed by atoms with E-state index in [0.29, 0.717) is 12.6 Å². The zero-order valence-electron chi connectivity index (χ0n) is 13.0. The summed E-state index contributed by atoms with van der Waals surface area (Å²) in [6.07, 6.45) is 7.66. The summed E-state index contributed by atoms with van der Waals surface area (Å²) in [4.78, 5) is 6.79. The molecule has 19 heavy (non-hydrogen) atoms. The van der Waals surface area contributed by atoms with Crippen molar-refractivity contribution in [3.8, 4) is 0 Å². The number of imidazole rings is 1. The number of hydrogen-bond donors (Lipinski definition) is 1. The number of hydrogen-bond acceptors (Lipinski definition) is 3. The summed E-state index contributed by atoms with van der Waals surface area (Å²) in [5, 5.41) is 0. The maximum Gasteiger partial charge on any atom is 0.0948 e. The minimum Gasteiger partial charge on any atom is -0.333 e. The van der Waals surface area contributed by atoms with Crippen molar-refractivity contribution < 1.29 is 0 Å². The largest absolute Gasteiger partial charge is 0.333 e. The monoisotopic (exact) mass is 266 g/mol. The van der Waals surface area contributed by atoms with E-state index in [1.54, 1.807) is 0 Å². The van der Waals surface area contributed by atoms with Crippen LogP contribution in [0.15, 0.2) is 12.5 Å². The first-order chi connectivity index (χ1) is 9.15. The lowest BCUT2D eigenvalue weighted by Gasteiger charge is -2.34. The van der Waals surface area contributed by atoms with Crippen molar-refractivity contribution in [1.82, 2.24) is 14.5 Å². The van der Waals surface area contributed by atoms with Gasteiger partial charge in [-0.2, -0.15) is 0 Å². The molecule has 4 nitrogen and oxygen atoms in total. The number of nitrogens with two attached hydrogens (primary N) is 1. The molecule has 1 unspecified atom stereocenters. The standard InChI is InChI=1S/C15H30N4/c1-5-7-8-9-19(13(3)4)14(10-16)15-11-17-12-18(15)6-2/h11-14H,5-10,16H2,1-4H3. The minimum atomic E-state index is 0.277. The maximum atomic E-state index is 6.05. The number of aromatic nitrogens is 2. The Kier molecular flexibility index (Phi) is 7.10. The summed E-state index contributed by atoms with van der Waals surface area (Å²) >= 11 is 0. The highest BCUT2D eigenvalue weighted by Gasteiger charge is 2.23. The zero-order chi connectivity index (χ0) is 14.3. The quantitative estimate of drug-likeness (QED) is 0.699. The first-order valence-electron chi connectivity index (χ1n) is 7.61. The smallest absolute Gasteiger partial charge is 0.0948 e. The molecule has 0 spiro atoms. The van der Waals surface area contributed by atoms with Crippen LogP contribution in [0.25, 0.3) is 0 Å². The molecular formula is C15H30N4. The Hall–Kier alpha value is -0.870. The molecule has 2 N–H and O–H groups in total. The van der Waals surface area contributed by atoms with E-state index in [1.165, 1.54) is 25.0 Å². The Labute approximate surface area is 118 Å². The summed E-state index contributed by atoms with van der Waals surface area (Å²) in [6, 6.07) is 0.782. The lowest BCUT2D eigenvalue weighted by atomic mass is 10.1. The molecule has 1 heterocycles. The van der Waals surface area contributed by atoms with E-state index in [9.17, 15) is 0 Å². The summed E-state index contributed by atoms with van der Waals surface area (Å²) < 4.78 is 2.20. The maximum absolute atomic E-state index is 6.05. The molecule has 0 saturated heterocycles. The predicted molar refractivity (Wildman–Crippen MR) is 81.1 cm³/mol. The van der Waals surface area contributed by atoms with E-state index >= 15 is 0 Å². The van der Waals surface area contributed by atoms with Gasteiger partial charge in [0.05, 0.1) is 18.1 Å². The van der Waals surface area contributed by atoms with Crippen molar-refractivity contribution in [2.75, 3.05) is 13.1 Å². The van der Waals surface area contributed by atoms with Gasteiger partial charge in [0.25, 0.3) is 0 Å². The molecule has 0 fully saturated rings. The molecule has 0 bridgehead atoms. The Morgan fingerprint density at radius 2 is 2.05 bits per heavy atom. The molecule has 4 heteroatoms. The van der Waals surface area contributed by atoms with Gasteiger partial charge in [0, 0.05) is 25.3 Å². The van der Waals surface area contributed by atoms with Gasteiger partial charge in [0.15, 0.2) is 0 Å². The fourth-order valence-corrected chi connectivity index (χ4v) is 2.62. The van der Waals surface area contributed by atoms with E-state index in [2.05, 4.69) is 42.1 Å². The van der Waals surface area contributed by atoms with Crippen molar-refractivity contribution in [3.63, 3.8) is 0 Å². The summed E-state index contributed by atoms with van der Waals surface area (Å²) in [7, 11) is 0. The summed E-state index contributed by atoms with van der Waals surface area (Å²) in [6.45, 7) is 11.6. The van der Waals surface area contributed by atoms with Gasteiger partial charge in [-0.15, -0.1) is 0 Å². The van der Waals surface area contributed by atoms with Crippen molar-refractivity contribution in [2.24, 2.45) is 5.73 Å². The van der Waals surface area contributed by atoms with Gasteiger partial charge >= 0.3 is 0 Å². The molecule has 1 aromatic rings. The second-order valence-corrected chi connectivity index (χ2v) is 5.39. The SMILES string of the molecule is CCCCCN(C(C)C)C(CN)c1cncn1CC. The van der Waals surface area contributed by atoms with E-state index in [1.807, 2.05) is 12.5 Å². The Morgan fingerprint density at radius 3 is 2.58 bits per heavy atom. The highest BCUT2D eigenvalue weighted by molar-refractivity contribution is 5.07. The molecule has 0 amide bonds. The van der Waals surface area contributed by atoms with Crippen LogP contribution in [-0.4, -0.2) is 33.6 Å². The van der Waals surface area contributed by atoms with Gasteiger partial charge in [-0.05, 0) is 33.7 Å². The van der Waals surface area contributed by atoms with Crippen molar-refractivity contribution in [3.05, 3.63) is 18.2 Å². The average Bonchev–Trinajstić information content (AvgIpc) is 2.86. The van der Waals surface area contributed by atoms with Gasteiger partial charge < -0.3 is 10.3 Å². The van der Waals surface area contributed by atoms with Crippen LogP contribution in [0, 0.1) is 0 Å². The molecule has 0 aromatic carbocycles. The van der Waals surface area contributed by atoms with E-state index in [0.717, 1.165) is 13.1 Å². The molecule has 0 aliphatic heterocycles. The Morgan fingerprint density at radius 1 is 1.32 bits per heavy atom. The Bertz CT molecular complexity index is 346. The molecule has 0 aliphatic rings. The Balaban J connectivity index is 2.84. The van der Waals surface area contributed by atoms with Crippen molar-refractivity contribution >= 4 is 0 Å². The van der Waals surface area contributed by atoms with Crippen LogP contribution in [0.2, 0.25) is 0 Å². The minimum absolute atomic E-state index is 0.277. The van der Waals surface area contributed by atoms with Crippen LogP contribution in [0.4, 0.5) is 0 Å². The third kappa shape index (κ3) is 4.32. The molecule has 0 radical (unpaired) electrons. The molecule has 1 rings (SSSR count). The first-order valence-corrected chi connectivity index (χ1v) is 7.61.